The van der Waals surface area contributed by atoms with E-state index in [0.717, 1.165) is 34.6 Å². The number of allylic oxidation sites excluding steroid dienone is 3. The van der Waals surface area contributed by atoms with Crippen LogP contribution < -0.4 is 44.8 Å². The van der Waals surface area contributed by atoms with E-state index < -0.39 is 30.0 Å². The second kappa shape index (κ2) is 11.4. The average Bonchev–Trinajstić information content (AvgIpc) is 2.84. The molecule has 1 aliphatic rings. The number of fused-ring (bicyclic) bond motifs is 1. The van der Waals surface area contributed by atoms with Gasteiger partial charge in [-0.3, -0.25) is 9.96 Å². The van der Waals surface area contributed by atoms with E-state index in [1.165, 1.54) is 12.1 Å². The molecule has 0 aliphatic heterocycles. The number of nitrogens with two attached hydrogens (primary N) is 1. The van der Waals surface area contributed by atoms with Gasteiger partial charge in [0.05, 0.1) is 10.5 Å². The van der Waals surface area contributed by atoms with Crippen LogP contribution in [0.1, 0.15) is 22.3 Å². The van der Waals surface area contributed by atoms with Crippen LogP contribution in [0.2, 0.25) is 0 Å². The summed E-state index contributed by atoms with van der Waals surface area (Å²) in [5.41, 5.74) is 4.43. The third-order valence-electron chi connectivity index (χ3n) is 6.29. The fourth-order valence-corrected chi connectivity index (χ4v) is 5.46. The van der Waals surface area contributed by atoms with Crippen molar-refractivity contribution in [3.05, 3.63) is 100.0 Å². The SMILES string of the molecule is CN(C)c1ccc(C(=C2C=C(S(=O)(=O)O)C(=[NH2+])c3cc(S(=O)(=O)[O-])ccc32)c2ccc(N(C)C)cc2)cc1.[Na+]. The fraction of sp³-hybridized carbons (Fsp3) is 0.148. The van der Waals surface area contributed by atoms with Crippen LogP contribution in [0.5, 0.6) is 0 Å². The molecule has 0 spiro atoms. The first kappa shape index (κ1) is 30.8. The Morgan fingerprint density at radius 3 is 1.62 bits per heavy atom. The summed E-state index contributed by atoms with van der Waals surface area (Å²) in [7, 11) is -2.03. The van der Waals surface area contributed by atoms with Crippen LogP contribution in [0, 0.1) is 0 Å². The van der Waals surface area contributed by atoms with E-state index in [4.69, 9.17) is 5.41 Å². The molecule has 0 saturated heterocycles. The van der Waals surface area contributed by atoms with Crippen molar-refractivity contribution in [3.8, 4) is 0 Å². The summed E-state index contributed by atoms with van der Waals surface area (Å²) in [6.45, 7) is 0. The van der Waals surface area contributed by atoms with E-state index in [1.807, 2.05) is 86.5 Å². The van der Waals surface area contributed by atoms with Gasteiger partial charge in [-0.25, -0.2) is 8.42 Å². The third-order valence-corrected chi connectivity index (χ3v) is 8.02. The quantitative estimate of drug-likeness (QED) is 0.282. The summed E-state index contributed by atoms with van der Waals surface area (Å²) in [4.78, 5) is 2.72. The molecule has 0 heterocycles. The molecule has 0 aromatic heterocycles. The number of nitrogens with zero attached hydrogens (tertiary/aromatic N) is 2. The fourth-order valence-electron chi connectivity index (χ4n) is 4.31. The standard InChI is InChI=1S/C27H27N3O6S2.Na/c1-29(2)19-9-5-17(6-10-19)26(18-7-11-20(12-8-18)30(3)4)23-16-25(38(34,35)36)27(28)24-15-21(37(31,32)33)13-14-22(23)24;/h5-16,28H,1-4H3,(H,31,32,33)(H,34,35,36);/q;+1. The van der Waals surface area contributed by atoms with E-state index in [0.29, 0.717) is 16.7 Å². The van der Waals surface area contributed by atoms with Crippen molar-refractivity contribution in [2.45, 2.75) is 4.90 Å². The van der Waals surface area contributed by atoms with E-state index >= 15 is 0 Å². The van der Waals surface area contributed by atoms with Crippen molar-refractivity contribution in [1.82, 2.24) is 0 Å². The molecular formula is C27H27N3NaO6S2+. The van der Waals surface area contributed by atoms with Gasteiger partial charge in [0.15, 0.2) is 4.91 Å². The second-order valence-corrected chi connectivity index (χ2v) is 12.0. The Labute approximate surface area is 250 Å². The minimum Gasteiger partial charge on any atom is -0.744 e. The number of anilines is 2. The molecule has 0 amide bonds. The van der Waals surface area contributed by atoms with Gasteiger partial charge < -0.3 is 14.4 Å². The van der Waals surface area contributed by atoms with Crippen molar-refractivity contribution >= 4 is 48.5 Å². The van der Waals surface area contributed by atoms with Crippen molar-refractivity contribution in [2.75, 3.05) is 38.0 Å². The summed E-state index contributed by atoms with van der Waals surface area (Å²) in [5.74, 6) is 0. The van der Waals surface area contributed by atoms with Crippen LogP contribution >= 0.6 is 0 Å². The third kappa shape index (κ3) is 6.36. The Kier molecular flexibility index (Phi) is 8.98. The van der Waals surface area contributed by atoms with Crippen molar-refractivity contribution < 1.29 is 60.9 Å². The summed E-state index contributed by atoms with van der Waals surface area (Å²) < 4.78 is 69.9. The molecule has 198 valence electrons. The monoisotopic (exact) mass is 576 g/mol. The zero-order chi connectivity index (χ0) is 28.0. The maximum atomic E-state index is 12.3. The van der Waals surface area contributed by atoms with E-state index in [9.17, 15) is 25.9 Å². The van der Waals surface area contributed by atoms with Crippen LogP contribution in [0.15, 0.2) is 82.6 Å². The van der Waals surface area contributed by atoms with Crippen molar-refractivity contribution in [3.63, 3.8) is 0 Å². The van der Waals surface area contributed by atoms with Gasteiger partial charge in [-0.1, -0.05) is 30.3 Å². The molecule has 0 fully saturated rings. The summed E-state index contributed by atoms with van der Waals surface area (Å²) >= 11 is 0. The molecule has 0 unspecified atom stereocenters. The molecule has 3 aromatic rings. The Morgan fingerprint density at radius 1 is 0.769 bits per heavy atom. The number of hydrogen-bond acceptors (Lipinski definition) is 7. The number of benzene rings is 3. The van der Waals surface area contributed by atoms with Crippen LogP contribution in [0.3, 0.4) is 0 Å². The molecule has 1 aliphatic carbocycles. The minimum absolute atomic E-state index is 0. The molecule has 0 atom stereocenters. The van der Waals surface area contributed by atoms with Crippen molar-refractivity contribution in [1.29, 1.82) is 0 Å². The predicted octanol–water partition coefficient (Wildman–Crippen LogP) is -0.981. The van der Waals surface area contributed by atoms with Gasteiger partial charge in [-0.2, -0.15) is 8.42 Å². The Hall–Kier alpha value is -2.77. The van der Waals surface area contributed by atoms with E-state index in [1.54, 1.807) is 0 Å². The zero-order valence-corrected chi connectivity index (χ0v) is 25.8. The van der Waals surface area contributed by atoms with Gasteiger partial charge in [-0.05, 0) is 70.3 Å². The Bertz CT molecular complexity index is 1660. The van der Waals surface area contributed by atoms with Gasteiger partial charge >= 0.3 is 39.7 Å². The molecule has 3 N–H and O–H groups in total. The van der Waals surface area contributed by atoms with Gasteiger partial charge in [0, 0.05) is 39.6 Å². The molecule has 9 nitrogen and oxygen atoms in total. The Morgan fingerprint density at radius 2 is 1.23 bits per heavy atom. The molecular weight excluding hydrogens is 549 g/mol. The summed E-state index contributed by atoms with van der Waals surface area (Å²) in [5, 5.41) is 6.11. The maximum Gasteiger partial charge on any atom is 1.00 e. The molecule has 0 bridgehead atoms. The molecule has 0 radical (unpaired) electrons. The molecule has 39 heavy (non-hydrogen) atoms. The average molecular weight is 577 g/mol. The summed E-state index contributed by atoms with van der Waals surface area (Å²) in [6.07, 6.45) is 1.27. The predicted molar refractivity (Wildman–Crippen MR) is 148 cm³/mol. The molecule has 0 saturated carbocycles. The number of hydrogen-bond donors (Lipinski definition) is 2. The van der Waals surface area contributed by atoms with Crippen LogP contribution in [-0.2, 0) is 20.2 Å². The van der Waals surface area contributed by atoms with Crippen LogP contribution in [0.25, 0.3) is 11.1 Å². The van der Waals surface area contributed by atoms with E-state index in [-0.39, 0.29) is 40.8 Å². The first-order valence-corrected chi connectivity index (χ1v) is 14.3. The van der Waals surface area contributed by atoms with Crippen molar-refractivity contribution in [2.24, 2.45) is 0 Å². The van der Waals surface area contributed by atoms with Crippen LogP contribution in [-0.4, -0.2) is 59.8 Å². The topological polar surface area (TPSA) is 144 Å². The summed E-state index contributed by atoms with van der Waals surface area (Å²) in [6, 6.07) is 18.8. The van der Waals surface area contributed by atoms with Gasteiger partial charge in [0.25, 0.3) is 0 Å². The van der Waals surface area contributed by atoms with Gasteiger partial charge in [-0.15, -0.1) is 0 Å². The molecule has 4 rings (SSSR count). The largest absolute Gasteiger partial charge is 1.00 e. The minimum atomic E-state index is -4.86. The Balaban J connectivity index is 0.00000420. The maximum absolute atomic E-state index is 12.3. The van der Waals surface area contributed by atoms with Gasteiger partial charge in [0.1, 0.15) is 10.1 Å². The first-order chi connectivity index (χ1) is 17.7. The van der Waals surface area contributed by atoms with Crippen LogP contribution in [0.4, 0.5) is 11.4 Å². The molecule has 3 aromatic carbocycles. The second-order valence-electron chi connectivity index (χ2n) is 9.23. The normalized spacial score (nSPS) is 13.2. The molecule has 12 heteroatoms. The first-order valence-electron chi connectivity index (χ1n) is 11.4. The smallest absolute Gasteiger partial charge is 0.744 e. The van der Waals surface area contributed by atoms with E-state index in [2.05, 4.69) is 0 Å². The van der Waals surface area contributed by atoms with Gasteiger partial charge in [0.2, 0.25) is 5.71 Å². The number of rotatable bonds is 6. The zero-order valence-electron chi connectivity index (χ0n) is 22.2.